The first-order chi connectivity index (χ1) is 13.3. The lowest BCUT2D eigenvalue weighted by Crippen LogP contribution is -2.29. The van der Waals surface area contributed by atoms with Crippen molar-refractivity contribution in [3.05, 3.63) is 51.9 Å². The zero-order chi connectivity index (χ0) is 20.3. The van der Waals surface area contributed by atoms with Crippen LogP contribution in [0.3, 0.4) is 0 Å². The van der Waals surface area contributed by atoms with Crippen molar-refractivity contribution in [2.45, 2.75) is 53.4 Å². The number of rotatable bonds is 5. The largest absolute Gasteiger partial charge is 0.352 e. The van der Waals surface area contributed by atoms with E-state index in [0.29, 0.717) is 28.6 Å². The molecule has 1 heterocycles. The second-order valence-electron chi connectivity index (χ2n) is 8.59. The molecule has 1 aliphatic rings. The Morgan fingerprint density at radius 1 is 1.14 bits per heavy atom. The lowest BCUT2D eigenvalue weighted by atomic mass is 9.72. The molecule has 0 radical (unpaired) electrons. The minimum absolute atomic E-state index is 0.0723. The smallest absolute Gasteiger partial charge is 0.256 e. The van der Waals surface area contributed by atoms with Crippen molar-refractivity contribution < 1.29 is 9.59 Å². The molecule has 5 heteroatoms. The SMILES string of the molecule is CCCNC(=O)c1c(NC(=O)c2ccccc2)sc2c1CC[C@H](C(C)(C)C)C2. The van der Waals surface area contributed by atoms with Gasteiger partial charge in [-0.3, -0.25) is 9.59 Å². The van der Waals surface area contributed by atoms with Crippen LogP contribution in [0.5, 0.6) is 0 Å². The zero-order valence-electron chi connectivity index (χ0n) is 17.2. The molecule has 2 amide bonds. The van der Waals surface area contributed by atoms with E-state index in [1.165, 1.54) is 4.88 Å². The van der Waals surface area contributed by atoms with Crippen LogP contribution in [-0.4, -0.2) is 18.4 Å². The van der Waals surface area contributed by atoms with Crippen LogP contribution in [0.15, 0.2) is 30.3 Å². The highest BCUT2D eigenvalue weighted by Crippen LogP contribution is 2.44. The van der Waals surface area contributed by atoms with Crippen LogP contribution in [0.4, 0.5) is 5.00 Å². The minimum Gasteiger partial charge on any atom is -0.352 e. The summed E-state index contributed by atoms with van der Waals surface area (Å²) in [5.74, 6) is 0.343. The van der Waals surface area contributed by atoms with Crippen LogP contribution >= 0.6 is 11.3 Å². The van der Waals surface area contributed by atoms with E-state index in [0.717, 1.165) is 31.2 Å². The number of fused-ring (bicyclic) bond motifs is 1. The quantitative estimate of drug-likeness (QED) is 0.719. The maximum absolute atomic E-state index is 12.9. The molecular formula is C23H30N2O2S. The van der Waals surface area contributed by atoms with Gasteiger partial charge in [0.05, 0.1) is 5.56 Å². The van der Waals surface area contributed by atoms with Crippen LogP contribution in [0.2, 0.25) is 0 Å². The van der Waals surface area contributed by atoms with Crippen molar-refractivity contribution in [1.29, 1.82) is 0 Å². The molecule has 0 fully saturated rings. The van der Waals surface area contributed by atoms with Crippen molar-refractivity contribution >= 4 is 28.2 Å². The van der Waals surface area contributed by atoms with E-state index in [1.54, 1.807) is 23.5 Å². The predicted octanol–water partition coefficient (Wildman–Crippen LogP) is 5.29. The molecule has 28 heavy (non-hydrogen) atoms. The average molecular weight is 399 g/mol. The summed E-state index contributed by atoms with van der Waals surface area (Å²) >= 11 is 1.57. The van der Waals surface area contributed by atoms with Gasteiger partial charge in [-0.2, -0.15) is 0 Å². The Bertz CT molecular complexity index is 849. The second kappa shape index (κ2) is 8.48. The third-order valence-corrected chi connectivity index (χ3v) is 6.69. The number of thiophene rings is 1. The fraction of sp³-hybridized carbons (Fsp3) is 0.478. The predicted molar refractivity (Wildman–Crippen MR) is 116 cm³/mol. The third kappa shape index (κ3) is 4.46. The van der Waals surface area contributed by atoms with Gasteiger partial charge in [0, 0.05) is 17.0 Å². The van der Waals surface area contributed by atoms with Gasteiger partial charge >= 0.3 is 0 Å². The van der Waals surface area contributed by atoms with Gasteiger partial charge in [-0.1, -0.05) is 45.9 Å². The molecule has 0 saturated heterocycles. The van der Waals surface area contributed by atoms with Crippen molar-refractivity contribution in [3.63, 3.8) is 0 Å². The lowest BCUT2D eigenvalue weighted by molar-refractivity contribution is 0.0953. The Morgan fingerprint density at radius 2 is 1.86 bits per heavy atom. The second-order valence-corrected chi connectivity index (χ2v) is 9.69. The molecule has 2 N–H and O–H groups in total. The topological polar surface area (TPSA) is 58.2 Å². The van der Waals surface area contributed by atoms with Crippen LogP contribution in [0, 0.1) is 11.3 Å². The Balaban J connectivity index is 1.93. The molecule has 1 aromatic heterocycles. The van der Waals surface area contributed by atoms with E-state index in [9.17, 15) is 9.59 Å². The van der Waals surface area contributed by atoms with Crippen molar-refractivity contribution in [2.75, 3.05) is 11.9 Å². The van der Waals surface area contributed by atoms with Crippen molar-refractivity contribution in [1.82, 2.24) is 5.32 Å². The zero-order valence-corrected chi connectivity index (χ0v) is 18.0. The lowest BCUT2D eigenvalue weighted by Gasteiger charge is -2.33. The van der Waals surface area contributed by atoms with Crippen LogP contribution in [0.25, 0.3) is 0 Å². The van der Waals surface area contributed by atoms with Gasteiger partial charge in [0.2, 0.25) is 0 Å². The standard InChI is InChI=1S/C23H30N2O2S/c1-5-13-24-21(27)19-17-12-11-16(23(2,3)4)14-18(17)28-22(19)25-20(26)15-9-7-6-8-10-15/h6-10,16H,5,11-14H2,1-4H3,(H,24,27)(H,25,26)/t16-/m0/s1. The number of hydrogen-bond donors (Lipinski definition) is 2. The van der Waals surface area contributed by atoms with E-state index in [-0.39, 0.29) is 17.2 Å². The highest BCUT2D eigenvalue weighted by Gasteiger charge is 2.34. The van der Waals surface area contributed by atoms with E-state index < -0.39 is 0 Å². The first kappa shape index (κ1) is 20.6. The van der Waals surface area contributed by atoms with Gasteiger partial charge < -0.3 is 10.6 Å². The molecule has 1 aliphatic carbocycles. The molecular weight excluding hydrogens is 368 g/mol. The summed E-state index contributed by atoms with van der Waals surface area (Å²) in [5, 5.41) is 6.69. The molecule has 0 spiro atoms. The summed E-state index contributed by atoms with van der Waals surface area (Å²) < 4.78 is 0. The van der Waals surface area contributed by atoms with Crippen LogP contribution < -0.4 is 10.6 Å². The van der Waals surface area contributed by atoms with E-state index >= 15 is 0 Å². The highest BCUT2D eigenvalue weighted by molar-refractivity contribution is 7.17. The highest BCUT2D eigenvalue weighted by atomic mass is 32.1. The summed E-state index contributed by atoms with van der Waals surface area (Å²) in [6, 6.07) is 9.15. The minimum atomic E-state index is -0.170. The fourth-order valence-electron chi connectivity index (χ4n) is 3.75. The number of carbonyl (C=O) groups is 2. The maximum atomic E-state index is 12.9. The van der Waals surface area contributed by atoms with Gasteiger partial charge in [0.15, 0.2) is 0 Å². The number of hydrogen-bond acceptors (Lipinski definition) is 3. The molecule has 1 atom stereocenters. The molecule has 0 bridgehead atoms. The number of nitrogens with one attached hydrogen (secondary N) is 2. The first-order valence-electron chi connectivity index (χ1n) is 10.1. The number of carbonyl (C=O) groups excluding carboxylic acids is 2. The summed E-state index contributed by atoms with van der Waals surface area (Å²) in [4.78, 5) is 26.8. The molecule has 1 aromatic carbocycles. The Morgan fingerprint density at radius 3 is 2.50 bits per heavy atom. The molecule has 0 unspecified atom stereocenters. The maximum Gasteiger partial charge on any atom is 0.256 e. The number of anilines is 1. The molecule has 150 valence electrons. The Labute approximate surface area is 171 Å². The molecule has 4 nitrogen and oxygen atoms in total. The van der Waals surface area contributed by atoms with Crippen LogP contribution in [-0.2, 0) is 12.8 Å². The van der Waals surface area contributed by atoms with Crippen molar-refractivity contribution in [3.8, 4) is 0 Å². The molecule has 0 aliphatic heterocycles. The summed E-state index contributed by atoms with van der Waals surface area (Å²) in [5.41, 5.74) is 2.63. The third-order valence-electron chi connectivity index (χ3n) is 5.52. The number of amides is 2. The van der Waals surface area contributed by atoms with E-state index in [2.05, 4.69) is 31.4 Å². The molecule has 0 saturated carbocycles. The number of benzene rings is 1. The Hall–Kier alpha value is -2.14. The van der Waals surface area contributed by atoms with E-state index in [1.807, 2.05) is 25.1 Å². The van der Waals surface area contributed by atoms with Gasteiger partial charge in [-0.05, 0) is 54.7 Å². The average Bonchev–Trinajstić information content (AvgIpc) is 3.03. The summed E-state index contributed by atoms with van der Waals surface area (Å²) in [6.07, 6.45) is 3.83. The summed E-state index contributed by atoms with van der Waals surface area (Å²) in [6.45, 7) is 9.52. The van der Waals surface area contributed by atoms with Crippen LogP contribution in [0.1, 0.15) is 71.7 Å². The molecule has 2 aromatic rings. The monoisotopic (exact) mass is 398 g/mol. The molecule has 3 rings (SSSR count). The van der Waals surface area contributed by atoms with E-state index in [4.69, 9.17) is 0 Å². The van der Waals surface area contributed by atoms with Gasteiger partial charge in [0.1, 0.15) is 5.00 Å². The van der Waals surface area contributed by atoms with Gasteiger partial charge in [-0.15, -0.1) is 11.3 Å². The first-order valence-corrected chi connectivity index (χ1v) is 10.9. The van der Waals surface area contributed by atoms with Gasteiger partial charge in [-0.25, -0.2) is 0 Å². The Kier molecular flexibility index (Phi) is 6.23. The summed E-state index contributed by atoms with van der Waals surface area (Å²) in [7, 11) is 0. The van der Waals surface area contributed by atoms with Crippen molar-refractivity contribution in [2.24, 2.45) is 11.3 Å². The fourth-order valence-corrected chi connectivity index (χ4v) is 5.07. The van der Waals surface area contributed by atoms with Gasteiger partial charge in [0.25, 0.3) is 11.8 Å². The normalized spacial score (nSPS) is 16.4.